The fourth-order valence-electron chi connectivity index (χ4n) is 1.68. The van der Waals surface area contributed by atoms with Gasteiger partial charge in [-0.25, -0.2) is 4.79 Å². The van der Waals surface area contributed by atoms with Crippen molar-refractivity contribution < 1.29 is 9.90 Å². The molecule has 0 aliphatic carbocycles. The summed E-state index contributed by atoms with van der Waals surface area (Å²) in [6.45, 7) is 1.52. The second-order valence-corrected chi connectivity index (χ2v) is 3.27. The van der Waals surface area contributed by atoms with Gasteiger partial charge in [0.25, 0.3) is 0 Å². The van der Waals surface area contributed by atoms with Crippen LogP contribution in [-0.2, 0) is 0 Å². The van der Waals surface area contributed by atoms with Gasteiger partial charge >= 0.3 is 6.09 Å². The molecule has 2 rings (SSSR count). The fraction of sp³-hybridized carbons (Fsp3) is 0.444. The van der Waals surface area contributed by atoms with Crippen molar-refractivity contribution in [1.29, 1.82) is 0 Å². The van der Waals surface area contributed by atoms with Crippen molar-refractivity contribution in [3.05, 3.63) is 23.5 Å². The average Bonchev–Trinajstić information content (AvgIpc) is 2.17. The van der Waals surface area contributed by atoms with E-state index < -0.39 is 6.09 Å². The molecule has 0 saturated carbocycles. The summed E-state index contributed by atoms with van der Waals surface area (Å²) in [5.41, 5.74) is 2.32. The van der Waals surface area contributed by atoms with Gasteiger partial charge in [-0.1, -0.05) is 0 Å². The Morgan fingerprint density at radius 2 is 2.46 bits per heavy atom. The van der Waals surface area contributed by atoms with Crippen LogP contribution in [0, 0.1) is 0 Å². The molecule has 0 bridgehead atoms. The number of carbonyl (C=O) groups is 1. The van der Waals surface area contributed by atoms with Crippen LogP contribution in [0.3, 0.4) is 0 Å². The summed E-state index contributed by atoms with van der Waals surface area (Å²) in [4.78, 5) is 12.0. The second kappa shape index (κ2) is 3.12. The lowest BCUT2D eigenvalue weighted by molar-refractivity contribution is 0.164. The van der Waals surface area contributed by atoms with Crippen molar-refractivity contribution >= 4 is 6.09 Å². The van der Waals surface area contributed by atoms with E-state index in [0.717, 1.165) is 25.1 Å². The molecule has 1 amide bonds. The summed E-state index contributed by atoms with van der Waals surface area (Å²) in [6, 6.07) is 0. The van der Waals surface area contributed by atoms with Gasteiger partial charge in [-0.3, -0.25) is 4.90 Å². The maximum Gasteiger partial charge on any atom is 0.411 e. The van der Waals surface area contributed by atoms with E-state index >= 15 is 0 Å². The minimum atomic E-state index is -0.881. The summed E-state index contributed by atoms with van der Waals surface area (Å²) in [7, 11) is 0. The van der Waals surface area contributed by atoms with E-state index in [-0.39, 0.29) is 0 Å². The molecule has 4 heteroatoms. The third-order valence-electron chi connectivity index (χ3n) is 2.38. The predicted molar refractivity (Wildman–Crippen MR) is 48.1 cm³/mol. The lowest BCUT2D eigenvalue weighted by Crippen LogP contribution is -2.33. The SMILES string of the molecule is O=C(O)N1C=CC2=C(CCCN2)C1. The predicted octanol–water partition coefficient (Wildman–Crippen LogP) is 1.13. The van der Waals surface area contributed by atoms with Crippen LogP contribution >= 0.6 is 0 Å². The molecular weight excluding hydrogens is 168 g/mol. The molecule has 70 valence electrons. The minimum absolute atomic E-state index is 0.522. The number of hydrogen-bond acceptors (Lipinski definition) is 2. The molecule has 0 saturated heterocycles. The van der Waals surface area contributed by atoms with Crippen molar-refractivity contribution in [2.75, 3.05) is 13.1 Å². The summed E-state index contributed by atoms with van der Waals surface area (Å²) >= 11 is 0. The summed E-state index contributed by atoms with van der Waals surface area (Å²) < 4.78 is 0. The fourth-order valence-corrected chi connectivity index (χ4v) is 1.68. The zero-order valence-electron chi connectivity index (χ0n) is 7.29. The van der Waals surface area contributed by atoms with E-state index in [0.29, 0.717) is 6.54 Å². The van der Waals surface area contributed by atoms with Gasteiger partial charge in [-0.2, -0.15) is 0 Å². The van der Waals surface area contributed by atoms with Crippen LogP contribution in [-0.4, -0.2) is 29.2 Å². The zero-order valence-corrected chi connectivity index (χ0v) is 7.29. The molecule has 0 atom stereocenters. The first kappa shape index (κ1) is 8.16. The Kier molecular flexibility index (Phi) is 1.96. The van der Waals surface area contributed by atoms with Gasteiger partial charge < -0.3 is 10.4 Å². The van der Waals surface area contributed by atoms with E-state index in [1.54, 1.807) is 6.20 Å². The number of nitrogens with zero attached hydrogens (tertiary/aromatic N) is 1. The van der Waals surface area contributed by atoms with Crippen molar-refractivity contribution in [3.63, 3.8) is 0 Å². The molecule has 0 fully saturated rings. The van der Waals surface area contributed by atoms with E-state index in [9.17, 15) is 4.79 Å². The minimum Gasteiger partial charge on any atom is -0.465 e. The molecule has 2 aliphatic heterocycles. The highest BCUT2D eigenvalue weighted by atomic mass is 16.4. The zero-order chi connectivity index (χ0) is 9.26. The van der Waals surface area contributed by atoms with E-state index in [1.807, 2.05) is 6.08 Å². The van der Waals surface area contributed by atoms with Gasteiger partial charge in [0.1, 0.15) is 0 Å². The standard InChI is InChI=1S/C9H12N2O2/c12-9(13)11-5-3-8-7(6-11)2-1-4-10-8/h3,5,10H,1-2,4,6H2,(H,12,13). The molecule has 13 heavy (non-hydrogen) atoms. The Labute approximate surface area is 76.5 Å². The Morgan fingerprint density at radius 1 is 1.62 bits per heavy atom. The summed E-state index contributed by atoms with van der Waals surface area (Å²) in [5, 5.41) is 12.0. The maximum absolute atomic E-state index is 10.7. The molecule has 4 nitrogen and oxygen atoms in total. The number of amides is 1. The Balaban J connectivity index is 2.15. The molecule has 0 spiro atoms. The lowest BCUT2D eigenvalue weighted by Gasteiger charge is -2.27. The van der Waals surface area contributed by atoms with Crippen molar-refractivity contribution in [3.8, 4) is 0 Å². The molecule has 0 aromatic heterocycles. The number of rotatable bonds is 0. The molecular formula is C9H12N2O2. The maximum atomic E-state index is 10.7. The normalized spacial score (nSPS) is 21.1. The summed E-state index contributed by atoms with van der Waals surface area (Å²) in [5.74, 6) is 0. The number of allylic oxidation sites excluding steroid dienone is 1. The van der Waals surface area contributed by atoms with Gasteiger partial charge in [0.2, 0.25) is 0 Å². The van der Waals surface area contributed by atoms with Gasteiger partial charge in [-0.15, -0.1) is 0 Å². The molecule has 0 unspecified atom stereocenters. The van der Waals surface area contributed by atoms with Crippen LogP contribution in [0.15, 0.2) is 23.5 Å². The number of hydrogen-bond donors (Lipinski definition) is 2. The summed E-state index contributed by atoms with van der Waals surface area (Å²) in [6.07, 6.45) is 4.68. The first-order valence-electron chi connectivity index (χ1n) is 4.41. The first-order chi connectivity index (χ1) is 6.27. The van der Waals surface area contributed by atoms with E-state index in [4.69, 9.17) is 5.11 Å². The topological polar surface area (TPSA) is 52.6 Å². The van der Waals surface area contributed by atoms with Gasteiger partial charge in [0.15, 0.2) is 0 Å². The monoisotopic (exact) mass is 180 g/mol. The average molecular weight is 180 g/mol. The third kappa shape index (κ3) is 1.52. The van der Waals surface area contributed by atoms with Gasteiger partial charge in [-0.05, 0) is 24.5 Å². The number of carboxylic acid groups (broad SMARTS) is 1. The highest BCUT2D eigenvalue weighted by Gasteiger charge is 2.19. The van der Waals surface area contributed by atoms with Crippen LogP contribution in [0.25, 0.3) is 0 Å². The Hall–Kier alpha value is -1.45. The molecule has 2 heterocycles. The van der Waals surface area contributed by atoms with Crippen LogP contribution in [0.5, 0.6) is 0 Å². The van der Waals surface area contributed by atoms with Crippen molar-refractivity contribution in [2.45, 2.75) is 12.8 Å². The molecule has 2 aliphatic rings. The van der Waals surface area contributed by atoms with Crippen molar-refractivity contribution in [2.24, 2.45) is 0 Å². The highest BCUT2D eigenvalue weighted by Crippen LogP contribution is 2.20. The van der Waals surface area contributed by atoms with E-state index in [2.05, 4.69) is 5.32 Å². The first-order valence-corrected chi connectivity index (χ1v) is 4.41. The largest absolute Gasteiger partial charge is 0.465 e. The van der Waals surface area contributed by atoms with E-state index in [1.165, 1.54) is 10.5 Å². The van der Waals surface area contributed by atoms with Crippen LogP contribution in [0.1, 0.15) is 12.8 Å². The molecule has 0 aromatic carbocycles. The van der Waals surface area contributed by atoms with Crippen LogP contribution < -0.4 is 5.32 Å². The van der Waals surface area contributed by atoms with Gasteiger partial charge in [0, 0.05) is 18.4 Å². The number of nitrogens with one attached hydrogen (secondary N) is 1. The quantitative estimate of drug-likeness (QED) is 0.587. The van der Waals surface area contributed by atoms with Crippen LogP contribution in [0.2, 0.25) is 0 Å². The smallest absolute Gasteiger partial charge is 0.411 e. The molecule has 0 radical (unpaired) electrons. The Bertz CT molecular complexity index is 294. The molecule has 2 N–H and O–H groups in total. The third-order valence-corrected chi connectivity index (χ3v) is 2.38. The molecule has 0 aromatic rings. The van der Waals surface area contributed by atoms with Gasteiger partial charge in [0.05, 0.1) is 6.54 Å². The lowest BCUT2D eigenvalue weighted by atomic mass is 10.0. The van der Waals surface area contributed by atoms with Crippen molar-refractivity contribution in [1.82, 2.24) is 10.2 Å². The second-order valence-electron chi connectivity index (χ2n) is 3.27. The highest BCUT2D eigenvalue weighted by molar-refractivity contribution is 5.67. The van der Waals surface area contributed by atoms with Crippen LogP contribution in [0.4, 0.5) is 4.79 Å². The Morgan fingerprint density at radius 3 is 3.23 bits per heavy atom.